The molecule has 0 N–H and O–H groups in total. The van der Waals surface area contributed by atoms with Crippen molar-refractivity contribution < 1.29 is 8.78 Å². The molecule has 0 unspecified atom stereocenters. The van der Waals surface area contributed by atoms with Crippen molar-refractivity contribution in [3.05, 3.63) is 70.3 Å². The summed E-state index contributed by atoms with van der Waals surface area (Å²) in [5.74, 6) is -0.575. The third kappa shape index (κ3) is 3.63. The summed E-state index contributed by atoms with van der Waals surface area (Å²) in [6.45, 7) is 12.1. The summed E-state index contributed by atoms with van der Waals surface area (Å²) >= 11 is 0. The maximum atomic E-state index is 14.6. The van der Waals surface area contributed by atoms with Gasteiger partial charge in [-0.2, -0.15) is 0 Å². The summed E-state index contributed by atoms with van der Waals surface area (Å²) in [7, 11) is 0. The van der Waals surface area contributed by atoms with Gasteiger partial charge in [0.2, 0.25) is 0 Å². The monoisotopic (exact) mass is 344 g/mol. The molecule has 2 heteroatoms. The van der Waals surface area contributed by atoms with Crippen LogP contribution in [0.25, 0.3) is 0 Å². The fourth-order valence-electron chi connectivity index (χ4n) is 3.83. The Kier molecular flexibility index (Phi) is 6.03. The third-order valence-corrected chi connectivity index (χ3v) is 5.55. The molecule has 0 aliphatic heterocycles. The molecular weight excluding hydrogens is 314 g/mol. The molecule has 0 spiro atoms. The number of hydrogen-bond acceptors (Lipinski definition) is 0. The minimum absolute atomic E-state index is 0.169. The second-order valence-electron chi connectivity index (χ2n) is 7.57. The van der Waals surface area contributed by atoms with E-state index in [1.54, 1.807) is 12.1 Å². The molecule has 2 aromatic rings. The van der Waals surface area contributed by atoms with Crippen LogP contribution in [0.3, 0.4) is 0 Å². The van der Waals surface area contributed by atoms with E-state index in [1.807, 2.05) is 13.8 Å². The largest absolute Gasteiger partial charge is 0.207 e. The highest BCUT2D eigenvalue weighted by Crippen LogP contribution is 2.41. The van der Waals surface area contributed by atoms with Gasteiger partial charge in [0.15, 0.2) is 0 Å². The Hall–Kier alpha value is -1.70. The van der Waals surface area contributed by atoms with E-state index in [9.17, 15) is 8.78 Å². The molecule has 2 rings (SSSR count). The molecule has 0 amide bonds. The zero-order chi connectivity index (χ0) is 18.8. The summed E-state index contributed by atoms with van der Waals surface area (Å²) in [6, 6.07) is 11.6. The van der Waals surface area contributed by atoms with E-state index in [0.29, 0.717) is 5.92 Å². The fourth-order valence-corrected chi connectivity index (χ4v) is 3.83. The van der Waals surface area contributed by atoms with Crippen LogP contribution in [0.2, 0.25) is 0 Å². The summed E-state index contributed by atoms with van der Waals surface area (Å²) in [4.78, 5) is 0. The van der Waals surface area contributed by atoms with Gasteiger partial charge in [-0.15, -0.1) is 0 Å². The molecule has 0 aromatic heterocycles. The average molecular weight is 344 g/mol. The molecule has 0 heterocycles. The van der Waals surface area contributed by atoms with Crippen LogP contribution in [0.4, 0.5) is 8.78 Å². The Morgan fingerprint density at radius 2 is 1.24 bits per heavy atom. The standard InChI is InChI=1S/C23H30F2/c1-7-23(8-2,18-11-9-17(10-12-18)15(3)4)19-13-20(24)22(16(5)6)21(25)14-19/h9-16H,7-8H2,1-6H3. The molecule has 136 valence electrons. The van der Waals surface area contributed by atoms with E-state index >= 15 is 0 Å². The molecule has 0 aliphatic carbocycles. The minimum atomic E-state index is -0.435. The van der Waals surface area contributed by atoms with Crippen LogP contribution in [0.1, 0.15) is 88.5 Å². The fraction of sp³-hybridized carbons (Fsp3) is 0.478. The van der Waals surface area contributed by atoms with Crippen molar-refractivity contribution in [1.82, 2.24) is 0 Å². The highest BCUT2D eigenvalue weighted by molar-refractivity contribution is 5.43. The van der Waals surface area contributed by atoms with Crippen LogP contribution in [0.5, 0.6) is 0 Å². The van der Waals surface area contributed by atoms with Crippen molar-refractivity contribution in [3.63, 3.8) is 0 Å². The number of rotatable bonds is 6. The van der Waals surface area contributed by atoms with E-state index in [4.69, 9.17) is 0 Å². The van der Waals surface area contributed by atoms with E-state index in [1.165, 1.54) is 5.56 Å². The SMILES string of the molecule is CCC(CC)(c1ccc(C(C)C)cc1)c1cc(F)c(C(C)C)c(F)c1. The van der Waals surface area contributed by atoms with Crippen molar-refractivity contribution in [2.75, 3.05) is 0 Å². The van der Waals surface area contributed by atoms with Gasteiger partial charge in [0.05, 0.1) is 0 Å². The molecule has 0 nitrogen and oxygen atoms in total. The lowest BCUT2D eigenvalue weighted by Crippen LogP contribution is -2.27. The van der Waals surface area contributed by atoms with Crippen molar-refractivity contribution in [2.45, 2.75) is 71.6 Å². The first-order valence-corrected chi connectivity index (χ1v) is 9.36. The van der Waals surface area contributed by atoms with Gasteiger partial charge in [-0.3, -0.25) is 0 Å². The van der Waals surface area contributed by atoms with E-state index in [-0.39, 0.29) is 16.9 Å². The lowest BCUT2D eigenvalue weighted by Gasteiger charge is -2.34. The lowest BCUT2D eigenvalue weighted by molar-refractivity contribution is 0.463. The van der Waals surface area contributed by atoms with Gasteiger partial charge in [0.1, 0.15) is 11.6 Å². The Labute approximate surface area is 151 Å². The van der Waals surface area contributed by atoms with Gasteiger partial charge in [-0.05, 0) is 53.5 Å². The molecule has 0 radical (unpaired) electrons. The molecule has 0 bridgehead atoms. The van der Waals surface area contributed by atoms with Crippen LogP contribution >= 0.6 is 0 Å². The number of benzene rings is 2. The smallest absolute Gasteiger partial charge is 0.129 e. The van der Waals surface area contributed by atoms with Crippen LogP contribution in [0.15, 0.2) is 36.4 Å². The highest BCUT2D eigenvalue weighted by Gasteiger charge is 2.32. The molecule has 25 heavy (non-hydrogen) atoms. The van der Waals surface area contributed by atoms with Crippen molar-refractivity contribution in [3.8, 4) is 0 Å². The zero-order valence-electron chi connectivity index (χ0n) is 16.3. The van der Waals surface area contributed by atoms with E-state index < -0.39 is 11.6 Å². The highest BCUT2D eigenvalue weighted by atomic mass is 19.1. The van der Waals surface area contributed by atoms with Gasteiger partial charge >= 0.3 is 0 Å². The van der Waals surface area contributed by atoms with Crippen LogP contribution in [0, 0.1) is 11.6 Å². The van der Waals surface area contributed by atoms with Crippen LogP contribution in [-0.4, -0.2) is 0 Å². The minimum Gasteiger partial charge on any atom is -0.207 e. The number of hydrogen-bond donors (Lipinski definition) is 0. The average Bonchev–Trinajstić information content (AvgIpc) is 2.56. The lowest BCUT2D eigenvalue weighted by atomic mass is 9.70. The number of halogens is 2. The van der Waals surface area contributed by atoms with Crippen molar-refractivity contribution >= 4 is 0 Å². The molecule has 0 fully saturated rings. The maximum Gasteiger partial charge on any atom is 0.129 e. The maximum absolute atomic E-state index is 14.6. The van der Waals surface area contributed by atoms with E-state index in [0.717, 1.165) is 24.0 Å². The predicted octanol–water partition coefficient (Wildman–Crippen LogP) is 7.32. The molecule has 2 aromatic carbocycles. The first kappa shape index (κ1) is 19.6. The molecule has 0 saturated carbocycles. The van der Waals surface area contributed by atoms with Crippen LogP contribution in [-0.2, 0) is 5.41 Å². The van der Waals surface area contributed by atoms with Crippen LogP contribution < -0.4 is 0 Å². The Morgan fingerprint density at radius 3 is 1.60 bits per heavy atom. The second kappa shape index (κ2) is 7.68. The first-order chi connectivity index (χ1) is 11.8. The Bertz CT molecular complexity index is 684. The molecule has 0 atom stereocenters. The summed E-state index contributed by atoms with van der Waals surface area (Å²) in [5, 5.41) is 0. The van der Waals surface area contributed by atoms with Crippen molar-refractivity contribution in [2.24, 2.45) is 0 Å². The summed E-state index contributed by atoms with van der Waals surface area (Å²) in [5.41, 5.74) is 2.94. The van der Waals surface area contributed by atoms with Gasteiger partial charge < -0.3 is 0 Å². The third-order valence-electron chi connectivity index (χ3n) is 5.55. The Balaban J connectivity index is 2.60. The zero-order valence-corrected chi connectivity index (χ0v) is 16.3. The summed E-state index contributed by atoms with van der Waals surface area (Å²) in [6.07, 6.45) is 1.59. The second-order valence-corrected chi connectivity index (χ2v) is 7.57. The normalized spacial score (nSPS) is 12.2. The van der Waals surface area contributed by atoms with Gasteiger partial charge in [0, 0.05) is 11.0 Å². The van der Waals surface area contributed by atoms with E-state index in [2.05, 4.69) is 52.0 Å². The quantitative estimate of drug-likeness (QED) is 0.515. The molecular formula is C23H30F2. The van der Waals surface area contributed by atoms with Gasteiger partial charge in [0.25, 0.3) is 0 Å². The van der Waals surface area contributed by atoms with Gasteiger partial charge in [-0.1, -0.05) is 65.8 Å². The molecule has 0 saturated heterocycles. The Morgan fingerprint density at radius 1 is 0.760 bits per heavy atom. The van der Waals surface area contributed by atoms with Crippen molar-refractivity contribution in [1.29, 1.82) is 0 Å². The topological polar surface area (TPSA) is 0 Å². The predicted molar refractivity (Wildman–Crippen MR) is 102 cm³/mol. The molecule has 0 aliphatic rings. The summed E-state index contributed by atoms with van der Waals surface area (Å²) < 4.78 is 29.2. The van der Waals surface area contributed by atoms with Gasteiger partial charge in [-0.25, -0.2) is 8.78 Å². The first-order valence-electron chi connectivity index (χ1n) is 9.36.